The first-order valence-corrected chi connectivity index (χ1v) is 8.68. The van der Waals surface area contributed by atoms with Gasteiger partial charge in [-0.1, -0.05) is 60.2 Å². The predicted octanol–water partition coefficient (Wildman–Crippen LogP) is 5.97. The van der Waals surface area contributed by atoms with Gasteiger partial charge in [0.25, 0.3) is 0 Å². The number of pyridine rings is 1. The second kappa shape index (κ2) is 6.84. The highest BCUT2D eigenvalue weighted by Gasteiger charge is 2.20. The molecule has 2 aliphatic carbocycles. The lowest BCUT2D eigenvalue weighted by Gasteiger charge is -2.25. The fourth-order valence-corrected chi connectivity index (χ4v) is 3.70. The maximum atomic E-state index is 3.78. The molecule has 2 aliphatic rings. The lowest BCUT2D eigenvalue weighted by Crippen LogP contribution is -2.06. The average molecular weight is 311 g/mol. The Bertz CT molecular complexity index is 877. The third-order valence-electron chi connectivity index (χ3n) is 4.85. The lowest BCUT2D eigenvalue weighted by atomic mass is 9.80. The number of rotatable bonds is 0. The van der Waals surface area contributed by atoms with Crippen LogP contribution in [0, 0.1) is 0 Å². The van der Waals surface area contributed by atoms with Crippen LogP contribution in [-0.4, -0.2) is 4.98 Å². The maximum Gasteiger partial charge on any atom is 0.0267 e. The molecule has 1 nitrogen and oxygen atoms in total. The molecule has 0 saturated carbocycles. The summed E-state index contributed by atoms with van der Waals surface area (Å²) >= 11 is 0. The van der Waals surface area contributed by atoms with E-state index in [1.807, 2.05) is 18.2 Å². The van der Waals surface area contributed by atoms with Gasteiger partial charge in [-0.2, -0.15) is 0 Å². The van der Waals surface area contributed by atoms with Gasteiger partial charge in [-0.05, 0) is 65.3 Å². The van der Waals surface area contributed by atoms with E-state index in [4.69, 9.17) is 0 Å². The first-order valence-electron chi connectivity index (χ1n) is 8.68. The molecule has 0 amide bonds. The van der Waals surface area contributed by atoms with Crippen LogP contribution >= 0.6 is 0 Å². The van der Waals surface area contributed by atoms with E-state index in [-0.39, 0.29) is 0 Å². The minimum atomic E-state index is 1.21. The summed E-state index contributed by atoms with van der Waals surface area (Å²) in [6, 6.07) is 19.1. The number of hydrogen-bond donors (Lipinski definition) is 0. The molecule has 0 bridgehead atoms. The lowest BCUT2D eigenvalue weighted by molar-refractivity contribution is 0.831. The minimum absolute atomic E-state index is 1.21. The second-order valence-corrected chi connectivity index (χ2v) is 6.30. The van der Waals surface area contributed by atoms with Crippen LogP contribution in [0.5, 0.6) is 0 Å². The van der Waals surface area contributed by atoms with Crippen LogP contribution in [0.4, 0.5) is 0 Å². The van der Waals surface area contributed by atoms with Crippen LogP contribution in [0.15, 0.2) is 84.7 Å². The van der Waals surface area contributed by atoms with Gasteiger partial charge in [0.05, 0.1) is 0 Å². The van der Waals surface area contributed by atoms with Crippen molar-refractivity contribution in [2.24, 2.45) is 0 Å². The minimum Gasteiger partial charge on any atom is -0.265 e. The third kappa shape index (κ3) is 2.90. The summed E-state index contributed by atoms with van der Waals surface area (Å²) in [4.78, 5) is 3.78. The van der Waals surface area contributed by atoms with E-state index in [1.165, 1.54) is 47.6 Å². The summed E-state index contributed by atoms with van der Waals surface area (Å²) in [5, 5.41) is 2.82. The molecule has 0 radical (unpaired) electrons. The Kier molecular flexibility index (Phi) is 4.24. The molecule has 3 aromatic rings. The monoisotopic (exact) mass is 311 g/mol. The molecule has 1 aromatic heterocycles. The Morgan fingerprint density at radius 1 is 0.750 bits per heavy atom. The highest BCUT2D eigenvalue weighted by Crippen LogP contribution is 2.39. The Labute approximate surface area is 143 Å². The molecule has 0 saturated heterocycles. The Morgan fingerprint density at radius 2 is 1.62 bits per heavy atom. The van der Waals surface area contributed by atoms with Gasteiger partial charge in [0.1, 0.15) is 0 Å². The zero-order valence-electron chi connectivity index (χ0n) is 13.8. The topological polar surface area (TPSA) is 12.9 Å². The van der Waals surface area contributed by atoms with E-state index in [1.54, 1.807) is 23.5 Å². The maximum absolute atomic E-state index is 3.78. The number of hydrogen-bond acceptors (Lipinski definition) is 1. The molecular formula is C23H21N. The smallest absolute Gasteiger partial charge is 0.0267 e. The van der Waals surface area contributed by atoms with Crippen molar-refractivity contribution in [2.75, 3.05) is 0 Å². The van der Waals surface area contributed by atoms with E-state index in [0.717, 1.165) is 0 Å². The molecule has 1 heteroatoms. The molecule has 5 rings (SSSR count). The van der Waals surface area contributed by atoms with Gasteiger partial charge in [-0.15, -0.1) is 0 Å². The number of benzene rings is 2. The van der Waals surface area contributed by atoms with Crippen molar-refractivity contribution in [1.82, 2.24) is 4.98 Å². The zero-order chi connectivity index (χ0) is 16.2. The normalized spacial score (nSPS) is 15.3. The molecule has 0 aliphatic heterocycles. The summed E-state index contributed by atoms with van der Waals surface area (Å²) in [6.07, 6.45) is 13.1. The van der Waals surface area contributed by atoms with Crippen molar-refractivity contribution < 1.29 is 0 Å². The fourth-order valence-electron chi connectivity index (χ4n) is 3.70. The average Bonchev–Trinajstić information content (AvgIpc) is 2.69. The quantitative estimate of drug-likeness (QED) is 0.498. The Balaban J connectivity index is 0.000000207. The largest absolute Gasteiger partial charge is 0.265 e. The summed E-state index contributed by atoms with van der Waals surface area (Å²) in [5.41, 5.74) is 6.21. The van der Waals surface area contributed by atoms with Gasteiger partial charge in [-0.3, -0.25) is 4.98 Å². The standard InChI is InChI=1S/C18H16.C5H5N/c1-3-7-15-13(5-1)9-11-18-16-8-4-2-6-14(16)10-12-17(15)18;1-2-4-6-5-3-1/h1,3-5,7-9,11H,2,6,10,12H2;1-5H. The first-order chi connectivity index (χ1) is 11.9. The van der Waals surface area contributed by atoms with E-state index in [9.17, 15) is 0 Å². The van der Waals surface area contributed by atoms with Crippen LogP contribution in [0.25, 0.3) is 16.3 Å². The molecular weight excluding hydrogens is 290 g/mol. The van der Waals surface area contributed by atoms with Crippen molar-refractivity contribution in [3.05, 3.63) is 95.8 Å². The van der Waals surface area contributed by atoms with E-state index in [0.29, 0.717) is 0 Å². The van der Waals surface area contributed by atoms with Crippen molar-refractivity contribution >= 4 is 16.3 Å². The number of aryl methyl sites for hydroxylation is 1. The molecule has 24 heavy (non-hydrogen) atoms. The van der Waals surface area contributed by atoms with Crippen LogP contribution in [0.2, 0.25) is 0 Å². The fraction of sp³-hybridized carbons (Fsp3) is 0.174. The van der Waals surface area contributed by atoms with Gasteiger partial charge in [0.15, 0.2) is 0 Å². The second-order valence-electron chi connectivity index (χ2n) is 6.30. The third-order valence-corrected chi connectivity index (χ3v) is 4.85. The highest BCUT2D eigenvalue weighted by atomic mass is 14.6. The number of aromatic nitrogens is 1. The van der Waals surface area contributed by atoms with Crippen molar-refractivity contribution in [2.45, 2.75) is 25.7 Å². The summed E-state index contributed by atoms with van der Waals surface area (Å²) < 4.78 is 0. The van der Waals surface area contributed by atoms with Gasteiger partial charge in [-0.25, -0.2) is 0 Å². The van der Waals surface area contributed by atoms with E-state index >= 15 is 0 Å². The van der Waals surface area contributed by atoms with Crippen molar-refractivity contribution in [1.29, 1.82) is 0 Å². The molecule has 0 unspecified atom stereocenters. The molecule has 118 valence electrons. The molecule has 0 atom stereocenters. The zero-order valence-corrected chi connectivity index (χ0v) is 13.8. The summed E-state index contributed by atoms with van der Waals surface area (Å²) in [7, 11) is 0. The van der Waals surface area contributed by atoms with Gasteiger partial charge < -0.3 is 0 Å². The van der Waals surface area contributed by atoms with Gasteiger partial charge in [0.2, 0.25) is 0 Å². The Hall–Kier alpha value is -2.67. The first kappa shape index (κ1) is 14.9. The highest BCUT2D eigenvalue weighted by molar-refractivity contribution is 5.93. The molecule has 1 heterocycles. The molecule has 0 spiro atoms. The summed E-state index contributed by atoms with van der Waals surface area (Å²) in [6.45, 7) is 0. The SMILES string of the molecule is C1=CC2=C(CC1)CCc1c2ccc2ccccc12.c1ccncc1. The van der Waals surface area contributed by atoms with Crippen LogP contribution < -0.4 is 0 Å². The number of fused-ring (bicyclic) bond motifs is 4. The van der Waals surface area contributed by atoms with Gasteiger partial charge >= 0.3 is 0 Å². The van der Waals surface area contributed by atoms with Crippen molar-refractivity contribution in [3.63, 3.8) is 0 Å². The van der Waals surface area contributed by atoms with Crippen LogP contribution in [0.1, 0.15) is 30.4 Å². The van der Waals surface area contributed by atoms with E-state index < -0.39 is 0 Å². The van der Waals surface area contributed by atoms with Crippen LogP contribution in [0.3, 0.4) is 0 Å². The molecule has 0 fully saturated rings. The van der Waals surface area contributed by atoms with Crippen molar-refractivity contribution in [3.8, 4) is 0 Å². The van der Waals surface area contributed by atoms with Gasteiger partial charge in [0, 0.05) is 12.4 Å². The molecule has 2 aromatic carbocycles. The molecule has 0 N–H and O–H groups in total. The number of allylic oxidation sites excluding steroid dienone is 4. The number of nitrogens with zero attached hydrogens (tertiary/aromatic N) is 1. The Morgan fingerprint density at radius 3 is 2.42 bits per heavy atom. The van der Waals surface area contributed by atoms with Crippen LogP contribution in [-0.2, 0) is 6.42 Å². The summed E-state index contributed by atoms with van der Waals surface area (Å²) in [5.74, 6) is 0. The predicted molar refractivity (Wildman–Crippen MR) is 102 cm³/mol. The van der Waals surface area contributed by atoms with E-state index in [2.05, 4.69) is 53.5 Å².